The lowest BCUT2D eigenvalue weighted by atomic mass is 10.2. The van der Waals surface area contributed by atoms with Crippen molar-refractivity contribution >= 4 is 28.6 Å². The Morgan fingerprint density at radius 3 is 2.81 bits per heavy atom. The van der Waals surface area contributed by atoms with Crippen molar-refractivity contribution in [1.82, 2.24) is 9.88 Å². The molecule has 112 valence electrons. The van der Waals surface area contributed by atoms with Gasteiger partial charge in [0.1, 0.15) is 0 Å². The smallest absolute Gasteiger partial charge is 0.238 e. The van der Waals surface area contributed by atoms with Crippen LogP contribution in [-0.2, 0) is 11.3 Å². The molecule has 21 heavy (non-hydrogen) atoms. The van der Waals surface area contributed by atoms with E-state index in [4.69, 9.17) is 5.73 Å². The van der Waals surface area contributed by atoms with Crippen LogP contribution in [0.2, 0.25) is 0 Å². The van der Waals surface area contributed by atoms with Crippen molar-refractivity contribution in [3.63, 3.8) is 0 Å². The van der Waals surface area contributed by atoms with Gasteiger partial charge >= 0.3 is 0 Å². The van der Waals surface area contributed by atoms with Crippen molar-refractivity contribution < 1.29 is 4.79 Å². The number of thiazole rings is 1. The maximum absolute atomic E-state index is 12.1. The number of rotatable bonds is 5. The van der Waals surface area contributed by atoms with Crippen molar-refractivity contribution in [2.75, 3.05) is 24.6 Å². The molecular weight excluding hydrogens is 284 g/mol. The number of anilines is 2. The predicted molar refractivity (Wildman–Crippen MR) is 87.4 cm³/mol. The van der Waals surface area contributed by atoms with Gasteiger partial charge in [0.2, 0.25) is 5.91 Å². The first-order valence-corrected chi connectivity index (χ1v) is 7.57. The summed E-state index contributed by atoms with van der Waals surface area (Å²) in [7, 11) is 1.91. The first-order chi connectivity index (χ1) is 9.95. The average Bonchev–Trinajstić information content (AvgIpc) is 2.78. The number of carbonyl (C=O) groups is 1. The number of aryl methyl sites for hydroxylation is 2. The summed E-state index contributed by atoms with van der Waals surface area (Å²) in [5, 5.41) is 2.84. The van der Waals surface area contributed by atoms with Gasteiger partial charge in [0.15, 0.2) is 0 Å². The van der Waals surface area contributed by atoms with Gasteiger partial charge < -0.3 is 11.1 Å². The first kappa shape index (κ1) is 15.5. The van der Waals surface area contributed by atoms with Gasteiger partial charge in [-0.2, -0.15) is 0 Å². The monoisotopic (exact) mass is 304 g/mol. The number of benzene rings is 1. The second-order valence-corrected chi connectivity index (χ2v) is 6.11. The van der Waals surface area contributed by atoms with Crippen LogP contribution in [-0.4, -0.2) is 29.4 Å². The molecule has 0 saturated heterocycles. The molecule has 6 heteroatoms. The van der Waals surface area contributed by atoms with Crippen LogP contribution < -0.4 is 11.1 Å². The Hall–Kier alpha value is -1.92. The van der Waals surface area contributed by atoms with E-state index >= 15 is 0 Å². The minimum absolute atomic E-state index is 0.0739. The predicted octanol–water partition coefficient (Wildman–Crippen LogP) is 2.41. The normalized spacial score (nSPS) is 10.9. The van der Waals surface area contributed by atoms with Crippen LogP contribution >= 0.6 is 11.3 Å². The third-order valence-electron chi connectivity index (χ3n) is 3.15. The van der Waals surface area contributed by atoms with Crippen LogP contribution in [0.5, 0.6) is 0 Å². The molecule has 0 aliphatic rings. The largest absolute Gasteiger partial charge is 0.397 e. The lowest BCUT2D eigenvalue weighted by molar-refractivity contribution is -0.117. The van der Waals surface area contributed by atoms with Gasteiger partial charge in [-0.3, -0.25) is 9.69 Å². The Morgan fingerprint density at radius 1 is 1.43 bits per heavy atom. The topological polar surface area (TPSA) is 71.2 Å². The van der Waals surface area contributed by atoms with E-state index in [0.717, 1.165) is 11.3 Å². The van der Waals surface area contributed by atoms with Gasteiger partial charge in [-0.1, -0.05) is 6.07 Å². The maximum Gasteiger partial charge on any atom is 0.238 e. The molecule has 0 aliphatic heterocycles. The molecule has 0 bridgehead atoms. The summed E-state index contributed by atoms with van der Waals surface area (Å²) in [5.41, 5.74) is 11.1. The van der Waals surface area contributed by atoms with E-state index in [0.29, 0.717) is 24.5 Å². The molecule has 2 aromatic rings. The summed E-state index contributed by atoms with van der Waals surface area (Å²) in [5.74, 6) is -0.0739. The number of nitrogen functional groups attached to an aromatic ring is 1. The zero-order valence-electron chi connectivity index (χ0n) is 12.5. The van der Waals surface area contributed by atoms with Crippen LogP contribution in [0.3, 0.4) is 0 Å². The van der Waals surface area contributed by atoms with Gasteiger partial charge in [-0.15, -0.1) is 11.3 Å². The minimum atomic E-state index is -0.0739. The number of likely N-dealkylation sites (N-methyl/N-ethyl adjacent to an activating group) is 1. The van der Waals surface area contributed by atoms with E-state index in [1.807, 2.05) is 49.5 Å². The molecule has 2 rings (SSSR count). The van der Waals surface area contributed by atoms with E-state index in [1.165, 1.54) is 4.88 Å². The second-order valence-electron chi connectivity index (χ2n) is 5.17. The third-order valence-corrected chi connectivity index (χ3v) is 4.07. The lowest BCUT2D eigenvalue weighted by Gasteiger charge is -2.16. The standard InChI is InChI=1S/C15H20N4OS/c1-10-4-5-13(12(16)6-10)18-15(20)8-19(3)7-14-11(2)17-9-21-14/h4-6,9H,7-8,16H2,1-3H3,(H,18,20). The van der Waals surface area contributed by atoms with E-state index in [9.17, 15) is 4.79 Å². The third kappa shape index (κ3) is 4.27. The molecule has 0 spiro atoms. The highest BCUT2D eigenvalue weighted by molar-refractivity contribution is 7.09. The summed E-state index contributed by atoms with van der Waals surface area (Å²) in [6, 6.07) is 5.60. The van der Waals surface area contributed by atoms with Crippen LogP contribution in [0.25, 0.3) is 0 Å². The highest BCUT2D eigenvalue weighted by Crippen LogP contribution is 2.19. The molecule has 5 nitrogen and oxygen atoms in total. The number of nitrogens with two attached hydrogens (primary N) is 1. The van der Waals surface area contributed by atoms with Crippen molar-refractivity contribution in [2.24, 2.45) is 0 Å². The zero-order chi connectivity index (χ0) is 15.4. The first-order valence-electron chi connectivity index (χ1n) is 6.69. The molecule has 0 atom stereocenters. The minimum Gasteiger partial charge on any atom is -0.397 e. The number of hydrogen-bond acceptors (Lipinski definition) is 5. The number of amides is 1. The number of nitrogens with zero attached hydrogens (tertiary/aromatic N) is 2. The quantitative estimate of drug-likeness (QED) is 0.832. The SMILES string of the molecule is Cc1ccc(NC(=O)CN(C)Cc2scnc2C)c(N)c1. The molecule has 1 heterocycles. The van der Waals surface area contributed by atoms with Crippen LogP contribution in [0, 0.1) is 13.8 Å². The second kappa shape index (κ2) is 6.69. The zero-order valence-corrected chi connectivity index (χ0v) is 13.3. The Morgan fingerprint density at radius 2 is 2.19 bits per heavy atom. The summed E-state index contributed by atoms with van der Waals surface area (Å²) >= 11 is 1.61. The lowest BCUT2D eigenvalue weighted by Crippen LogP contribution is -2.30. The van der Waals surface area contributed by atoms with E-state index < -0.39 is 0 Å². The fraction of sp³-hybridized carbons (Fsp3) is 0.333. The molecule has 1 aromatic carbocycles. The average molecular weight is 304 g/mol. The molecule has 0 fully saturated rings. The fourth-order valence-corrected chi connectivity index (χ4v) is 2.87. The summed E-state index contributed by atoms with van der Waals surface area (Å²) in [4.78, 5) is 19.4. The van der Waals surface area contributed by atoms with E-state index in [2.05, 4.69) is 10.3 Å². The molecular formula is C15H20N4OS. The Labute approximate surface area is 128 Å². The van der Waals surface area contributed by atoms with Crippen LogP contribution in [0.1, 0.15) is 16.1 Å². The van der Waals surface area contributed by atoms with Gasteiger partial charge in [-0.25, -0.2) is 4.98 Å². The Kier molecular flexibility index (Phi) is 4.93. The van der Waals surface area contributed by atoms with Crippen LogP contribution in [0.15, 0.2) is 23.7 Å². The summed E-state index contributed by atoms with van der Waals surface area (Å²) < 4.78 is 0. The summed E-state index contributed by atoms with van der Waals surface area (Å²) in [6.45, 7) is 4.97. The Balaban J connectivity index is 1.90. The highest BCUT2D eigenvalue weighted by Gasteiger charge is 2.11. The summed E-state index contributed by atoms with van der Waals surface area (Å²) in [6.07, 6.45) is 0. The van der Waals surface area contributed by atoms with Gasteiger partial charge in [0, 0.05) is 11.4 Å². The molecule has 0 aliphatic carbocycles. The van der Waals surface area contributed by atoms with E-state index in [-0.39, 0.29) is 5.91 Å². The number of aromatic nitrogens is 1. The molecule has 0 unspecified atom stereocenters. The number of carbonyl (C=O) groups excluding carboxylic acids is 1. The molecule has 1 aromatic heterocycles. The molecule has 3 N–H and O–H groups in total. The molecule has 0 radical (unpaired) electrons. The molecule has 0 saturated carbocycles. The fourth-order valence-electron chi connectivity index (χ4n) is 2.01. The van der Waals surface area contributed by atoms with E-state index in [1.54, 1.807) is 11.3 Å². The Bertz CT molecular complexity index is 638. The molecule has 1 amide bonds. The number of nitrogens with one attached hydrogen (secondary N) is 1. The van der Waals surface area contributed by atoms with Gasteiger partial charge in [0.25, 0.3) is 0 Å². The van der Waals surface area contributed by atoms with Gasteiger partial charge in [-0.05, 0) is 38.6 Å². The van der Waals surface area contributed by atoms with Crippen LogP contribution in [0.4, 0.5) is 11.4 Å². The van der Waals surface area contributed by atoms with Crippen molar-refractivity contribution in [2.45, 2.75) is 20.4 Å². The highest BCUT2D eigenvalue weighted by atomic mass is 32.1. The van der Waals surface area contributed by atoms with Gasteiger partial charge in [0.05, 0.1) is 29.1 Å². The van der Waals surface area contributed by atoms with Crippen molar-refractivity contribution in [1.29, 1.82) is 0 Å². The van der Waals surface area contributed by atoms with Crippen molar-refractivity contribution in [3.05, 3.63) is 39.8 Å². The number of hydrogen-bond donors (Lipinski definition) is 2. The maximum atomic E-state index is 12.1. The van der Waals surface area contributed by atoms with Crippen molar-refractivity contribution in [3.8, 4) is 0 Å².